The van der Waals surface area contributed by atoms with Gasteiger partial charge < -0.3 is 10.0 Å². The Morgan fingerprint density at radius 2 is 1.87 bits per heavy atom. The molecule has 0 aromatic heterocycles. The minimum absolute atomic E-state index is 0.0231. The number of carbonyl (C=O) groups is 1. The summed E-state index contributed by atoms with van der Waals surface area (Å²) in [6.45, 7) is -0.778. The van der Waals surface area contributed by atoms with Gasteiger partial charge in [-0.2, -0.15) is 13.2 Å². The number of benzene rings is 2. The van der Waals surface area contributed by atoms with Gasteiger partial charge in [0.05, 0.1) is 13.0 Å². The Labute approximate surface area is 131 Å². The predicted molar refractivity (Wildman–Crippen MR) is 79.9 cm³/mol. The molecule has 6 heteroatoms. The Bertz CT molecular complexity index is 739. The predicted octanol–water partition coefficient (Wildman–Crippen LogP) is 2.91. The van der Waals surface area contributed by atoms with Crippen molar-refractivity contribution in [3.05, 3.63) is 48.0 Å². The smallest absolute Gasteiger partial charge is 0.379 e. The molecule has 1 aliphatic heterocycles. The van der Waals surface area contributed by atoms with Crippen LogP contribution < -0.4 is 0 Å². The first-order chi connectivity index (χ1) is 10.8. The number of β-amino-alcohol motifs (C(OH)–C–C–N with tert-alkyl or cyclic N) is 1. The standard InChI is InChI=1S/C17H16F3NO2/c18-17(19,20)16(23)8-9-21(11-16)15(22)10-13-6-3-5-12-4-1-2-7-14(12)13/h1-7,23H,8-11H2/t16-/m0/s1. The molecule has 1 heterocycles. The number of rotatable bonds is 2. The lowest BCUT2D eigenvalue weighted by atomic mass is 10.0. The van der Waals surface area contributed by atoms with Crippen LogP contribution in [0.25, 0.3) is 10.8 Å². The Morgan fingerprint density at radius 3 is 2.57 bits per heavy atom. The van der Waals surface area contributed by atoms with Crippen LogP contribution in [-0.2, 0) is 11.2 Å². The van der Waals surface area contributed by atoms with Crippen molar-refractivity contribution in [3.8, 4) is 0 Å². The highest BCUT2D eigenvalue weighted by Gasteiger charge is 2.57. The molecular formula is C17H16F3NO2. The number of amides is 1. The summed E-state index contributed by atoms with van der Waals surface area (Å²) in [6.07, 6.45) is -5.17. The van der Waals surface area contributed by atoms with Crippen LogP contribution in [0.1, 0.15) is 12.0 Å². The van der Waals surface area contributed by atoms with Gasteiger partial charge in [-0.15, -0.1) is 0 Å². The number of hydrogen-bond donors (Lipinski definition) is 1. The van der Waals surface area contributed by atoms with Gasteiger partial charge in [0, 0.05) is 13.0 Å². The van der Waals surface area contributed by atoms with E-state index >= 15 is 0 Å². The van der Waals surface area contributed by atoms with E-state index in [1.54, 1.807) is 6.07 Å². The molecule has 2 aromatic carbocycles. The van der Waals surface area contributed by atoms with Crippen molar-refractivity contribution < 1.29 is 23.1 Å². The van der Waals surface area contributed by atoms with E-state index in [9.17, 15) is 23.1 Å². The molecule has 3 rings (SSSR count). The van der Waals surface area contributed by atoms with Crippen molar-refractivity contribution >= 4 is 16.7 Å². The second kappa shape index (κ2) is 5.53. The average molecular weight is 323 g/mol. The molecular weight excluding hydrogens is 307 g/mol. The Balaban J connectivity index is 1.78. The summed E-state index contributed by atoms with van der Waals surface area (Å²) in [7, 11) is 0. The van der Waals surface area contributed by atoms with Gasteiger partial charge in [0.15, 0.2) is 5.60 Å². The first-order valence-electron chi connectivity index (χ1n) is 7.34. The van der Waals surface area contributed by atoms with Gasteiger partial charge in [0.2, 0.25) is 5.91 Å². The van der Waals surface area contributed by atoms with Gasteiger partial charge in [0.1, 0.15) is 0 Å². The zero-order valence-electron chi connectivity index (χ0n) is 12.3. The van der Waals surface area contributed by atoms with Crippen LogP contribution in [0, 0.1) is 0 Å². The van der Waals surface area contributed by atoms with Gasteiger partial charge in [-0.3, -0.25) is 4.79 Å². The van der Waals surface area contributed by atoms with Crippen molar-refractivity contribution in [1.29, 1.82) is 0 Å². The molecule has 2 aromatic rings. The maximum absolute atomic E-state index is 12.8. The van der Waals surface area contributed by atoms with Crippen LogP contribution in [0.15, 0.2) is 42.5 Å². The lowest BCUT2D eigenvalue weighted by Crippen LogP contribution is -2.48. The van der Waals surface area contributed by atoms with Crippen molar-refractivity contribution in [1.82, 2.24) is 4.90 Å². The number of nitrogens with zero attached hydrogens (tertiary/aromatic N) is 1. The van der Waals surface area contributed by atoms with E-state index in [-0.39, 0.29) is 13.0 Å². The fourth-order valence-electron chi connectivity index (χ4n) is 2.96. The van der Waals surface area contributed by atoms with Gasteiger partial charge in [0.25, 0.3) is 0 Å². The minimum Gasteiger partial charge on any atom is -0.379 e. The van der Waals surface area contributed by atoms with E-state index in [0.717, 1.165) is 21.2 Å². The third-order valence-electron chi connectivity index (χ3n) is 4.35. The zero-order chi connectivity index (χ0) is 16.7. The van der Waals surface area contributed by atoms with Crippen molar-refractivity contribution in [2.75, 3.05) is 13.1 Å². The Hall–Kier alpha value is -2.08. The maximum Gasteiger partial charge on any atom is 0.419 e. The third-order valence-corrected chi connectivity index (χ3v) is 4.35. The molecule has 0 radical (unpaired) electrons. The molecule has 3 nitrogen and oxygen atoms in total. The van der Waals surface area contributed by atoms with Crippen LogP contribution in [0.2, 0.25) is 0 Å². The maximum atomic E-state index is 12.8. The monoisotopic (exact) mass is 323 g/mol. The van der Waals surface area contributed by atoms with Crippen molar-refractivity contribution in [2.45, 2.75) is 24.6 Å². The average Bonchev–Trinajstić information content (AvgIpc) is 2.91. The molecule has 23 heavy (non-hydrogen) atoms. The largest absolute Gasteiger partial charge is 0.419 e. The summed E-state index contributed by atoms with van der Waals surface area (Å²) >= 11 is 0. The highest BCUT2D eigenvalue weighted by molar-refractivity contribution is 5.90. The Kier molecular flexibility index (Phi) is 3.80. The van der Waals surface area contributed by atoms with Crippen LogP contribution in [-0.4, -0.2) is 40.8 Å². The fraction of sp³-hybridized carbons (Fsp3) is 0.353. The summed E-state index contributed by atoms with van der Waals surface area (Å²) in [5.74, 6) is -0.401. The van der Waals surface area contributed by atoms with E-state index in [1.807, 2.05) is 36.4 Å². The van der Waals surface area contributed by atoms with E-state index < -0.39 is 30.7 Å². The zero-order valence-corrected chi connectivity index (χ0v) is 12.3. The fourth-order valence-corrected chi connectivity index (χ4v) is 2.96. The summed E-state index contributed by atoms with van der Waals surface area (Å²) in [5, 5.41) is 11.6. The number of likely N-dealkylation sites (tertiary alicyclic amines) is 1. The second-order valence-electron chi connectivity index (χ2n) is 5.91. The summed E-state index contributed by atoms with van der Waals surface area (Å²) < 4.78 is 38.5. The molecule has 122 valence electrons. The molecule has 1 atom stereocenters. The van der Waals surface area contributed by atoms with Crippen LogP contribution in [0.5, 0.6) is 0 Å². The number of alkyl halides is 3. The van der Waals surface area contributed by atoms with Crippen LogP contribution >= 0.6 is 0 Å². The van der Waals surface area contributed by atoms with Crippen molar-refractivity contribution in [2.24, 2.45) is 0 Å². The molecule has 1 N–H and O–H groups in total. The first-order valence-corrected chi connectivity index (χ1v) is 7.34. The molecule has 1 saturated heterocycles. The molecule has 1 aliphatic rings. The number of fused-ring (bicyclic) bond motifs is 1. The highest BCUT2D eigenvalue weighted by atomic mass is 19.4. The van der Waals surface area contributed by atoms with E-state index in [0.29, 0.717) is 0 Å². The van der Waals surface area contributed by atoms with E-state index in [2.05, 4.69) is 0 Å². The van der Waals surface area contributed by atoms with Gasteiger partial charge in [-0.05, 0) is 16.3 Å². The van der Waals surface area contributed by atoms with Gasteiger partial charge in [-0.25, -0.2) is 0 Å². The topological polar surface area (TPSA) is 40.5 Å². The molecule has 1 fully saturated rings. The quantitative estimate of drug-likeness (QED) is 0.923. The lowest BCUT2D eigenvalue weighted by molar-refractivity contribution is -0.253. The summed E-state index contributed by atoms with van der Waals surface area (Å²) in [6, 6.07) is 13.1. The second-order valence-corrected chi connectivity index (χ2v) is 5.91. The molecule has 0 spiro atoms. The molecule has 0 saturated carbocycles. The van der Waals surface area contributed by atoms with Crippen molar-refractivity contribution in [3.63, 3.8) is 0 Å². The normalized spacial score (nSPS) is 21.8. The number of aliphatic hydroxyl groups is 1. The highest BCUT2D eigenvalue weighted by Crippen LogP contribution is 2.37. The summed E-state index contributed by atoms with van der Waals surface area (Å²) in [4.78, 5) is 13.4. The SMILES string of the molecule is O=C(Cc1cccc2ccccc12)N1CC[C@@](O)(C(F)(F)F)C1. The van der Waals surface area contributed by atoms with Crippen LogP contribution in [0.4, 0.5) is 13.2 Å². The van der Waals surface area contributed by atoms with Gasteiger partial charge >= 0.3 is 6.18 Å². The lowest BCUT2D eigenvalue weighted by Gasteiger charge is -2.26. The first kappa shape index (κ1) is 15.8. The molecule has 1 amide bonds. The third kappa shape index (κ3) is 2.91. The molecule has 0 unspecified atom stereocenters. The molecule has 0 aliphatic carbocycles. The minimum atomic E-state index is -4.72. The van der Waals surface area contributed by atoms with Gasteiger partial charge in [-0.1, -0.05) is 42.5 Å². The number of carbonyl (C=O) groups excluding carboxylic acids is 1. The number of hydrogen-bond acceptors (Lipinski definition) is 2. The van der Waals surface area contributed by atoms with Crippen LogP contribution in [0.3, 0.4) is 0 Å². The Morgan fingerprint density at radius 1 is 1.17 bits per heavy atom. The van der Waals surface area contributed by atoms with E-state index in [1.165, 1.54) is 0 Å². The summed E-state index contributed by atoms with van der Waals surface area (Å²) in [5.41, 5.74) is -2.02. The van der Waals surface area contributed by atoms with E-state index in [4.69, 9.17) is 0 Å². The number of halogens is 3. The molecule has 0 bridgehead atoms.